The fraction of sp³-hybridized carbons (Fsp3) is 0.882. The molecule has 0 spiro atoms. The molecule has 0 aromatic carbocycles. The Morgan fingerprint density at radius 3 is 2.41 bits per heavy atom. The van der Waals surface area contributed by atoms with Crippen molar-refractivity contribution in [3.63, 3.8) is 0 Å². The van der Waals surface area contributed by atoms with Crippen molar-refractivity contribution in [1.82, 2.24) is 0 Å². The van der Waals surface area contributed by atoms with Gasteiger partial charge >= 0.3 is 0 Å². The van der Waals surface area contributed by atoms with Gasteiger partial charge in [-0.2, -0.15) is 0 Å². The molecule has 1 aliphatic heterocycles. The van der Waals surface area contributed by atoms with Crippen molar-refractivity contribution >= 4 is 0 Å². The molecule has 1 aliphatic rings. The minimum Gasteiger partial charge on any atom is -0.394 e. The first-order chi connectivity index (χ1) is 10.7. The molecule has 130 valence electrons. The van der Waals surface area contributed by atoms with Crippen LogP contribution in [0.5, 0.6) is 0 Å². The molecule has 0 aromatic heterocycles. The highest BCUT2D eigenvalue weighted by Gasteiger charge is 2.38. The Kier molecular flexibility index (Phi) is 10.7. The molecule has 0 aromatic rings. The molecule has 3 N–H and O–H groups in total. The number of allylic oxidation sites excluding steroid dienone is 2. The Hall–Kier alpha value is -0.460. The zero-order valence-corrected chi connectivity index (χ0v) is 13.7. The molecule has 0 radical (unpaired) electrons. The Bertz CT molecular complexity index is 295. The van der Waals surface area contributed by atoms with Crippen molar-refractivity contribution in [2.24, 2.45) is 0 Å². The van der Waals surface area contributed by atoms with Gasteiger partial charge in [0.25, 0.3) is 0 Å². The van der Waals surface area contributed by atoms with Gasteiger partial charge in [-0.1, -0.05) is 31.9 Å². The summed E-state index contributed by atoms with van der Waals surface area (Å²) < 4.78 is 10.7. The van der Waals surface area contributed by atoms with Gasteiger partial charge in [-0.3, -0.25) is 0 Å². The van der Waals surface area contributed by atoms with Crippen LogP contribution in [0.3, 0.4) is 0 Å². The molecular formula is C17H32O5. The van der Waals surface area contributed by atoms with Crippen LogP contribution in [0.2, 0.25) is 0 Å². The van der Waals surface area contributed by atoms with Gasteiger partial charge in [0.1, 0.15) is 24.4 Å². The standard InChI is InChI=1S/C17H32O5/c1-2-3-4-5-6-7-8-9-10-11-21-17-14(19)13-22-15(12-18)16(17)20/h6-7,14-20H,2-5,8-13H2,1H3/b7-6+/t14-,15+,16+,17+/m1/s1. The normalized spacial score (nSPS) is 29.3. The molecular weight excluding hydrogens is 284 g/mol. The first kappa shape index (κ1) is 19.6. The topological polar surface area (TPSA) is 79.2 Å². The fourth-order valence-electron chi connectivity index (χ4n) is 2.56. The maximum absolute atomic E-state index is 9.96. The minimum absolute atomic E-state index is 0.0907. The molecule has 1 saturated heterocycles. The SMILES string of the molecule is CCCCC/C=C/CCCCO[C@@H]1[C@@H](O)[C@H](CO)OC[C@H]1O. The highest BCUT2D eigenvalue weighted by molar-refractivity contribution is 4.87. The summed E-state index contributed by atoms with van der Waals surface area (Å²) in [5, 5.41) is 28.8. The molecule has 5 nitrogen and oxygen atoms in total. The van der Waals surface area contributed by atoms with Gasteiger partial charge < -0.3 is 24.8 Å². The van der Waals surface area contributed by atoms with Crippen molar-refractivity contribution < 1.29 is 24.8 Å². The molecule has 5 heteroatoms. The number of unbranched alkanes of at least 4 members (excludes halogenated alkanes) is 5. The van der Waals surface area contributed by atoms with E-state index < -0.39 is 24.4 Å². The molecule has 1 fully saturated rings. The second kappa shape index (κ2) is 12.0. The Labute approximate surface area is 133 Å². The van der Waals surface area contributed by atoms with Gasteiger partial charge in [-0.25, -0.2) is 0 Å². The summed E-state index contributed by atoms with van der Waals surface area (Å²) in [5.74, 6) is 0. The number of hydrogen-bond donors (Lipinski definition) is 3. The summed E-state index contributed by atoms with van der Waals surface area (Å²) in [6.45, 7) is 2.53. The van der Waals surface area contributed by atoms with E-state index in [1.807, 2.05) is 0 Å². The third-order valence-electron chi connectivity index (χ3n) is 3.97. The van der Waals surface area contributed by atoms with Crippen molar-refractivity contribution in [2.45, 2.75) is 76.3 Å². The Balaban J connectivity index is 2.08. The van der Waals surface area contributed by atoms with Gasteiger partial charge in [0, 0.05) is 6.61 Å². The largest absolute Gasteiger partial charge is 0.394 e. The van der Waals surface area contributed by atoms with Gasteiger partial charge in [0.05, 0.1) is 13.2 Å². The van der Waals surface area contributed by atoms with E-state index >= 15 is 0 Å². The maximum Gasteiger partial charge on any atom is 0.114 e. The second-order valence-corrected chi connectivity index (χ2v) is 5.91. The van der Waals surface area contributed by atoms with Gasteiger partial charge in [-0.15, -0.1) is 0 Å². The average Bonchev–Trinajstić information content (AvgIpc) is 2.52. The Morgan fingerprint density at radius 2 is 1.77 bits per heavy atom. The van der Waals surface area contributed by atoms with E-state index in [1.165, 1.54) is 19.3 Å². The van der Waals surface area contributed by atoms with Crippen LogP contribution in [0.25, 0.3) is 0 Å². The third kappa shape index (κ3) is 7.20. The minimum atomic E-state index is -0.979. The second-order valence-electron chi connectivity index (χ2n) is 5.91. The van der Waals surface area contributed by atoms with E-state index in [-0.39, 0.29) is 13.2 Å². The van der Waals surface area contributed by atoms with Crippen molar-refractivity contribution in [3.05, 3.63) is 12.2 Å². The van der Waals surface area contributed by atoms with Crippen LogP contribution in [0.15, 0.2) is 12.2 Å². The van der Waals surface area contributed by atoms with Crippen LogP contribution in [-0.2, 0) is 9.47 Å². The molecule has 0 saturated carbocycles. The van der Waals surface area contributed by atoms with Crippen LogP contribution >= 0.6 is 0 Å². The highest BCUT2D eigenvalue weighted by Crippen LogP contribution is 2.18. The van der Waals surface area contributed by atoms with Crippen LogP contribution in [0.1, 0.15) is 51.9 Å². The first-order valence-electron chi connectivity index (χ1n) is 8.55. The van der Waals surface area contributed by atoms with Crippen LogP contribution in [0, 0.1) is 0 Å². The smallest absolute Gasteiger partial charge is 0.114 e. The van der Waals surface area contributed by atoms with Gasteiger partial charge in [-0.05, 0) is 32.1 Å². The lowest BCUT2D eigenvalue weighted by molar-refractivity contribution is -0.210. The molecule has 0 unspecified atom stereocenters. The Morgan fingerprint density at radius 1 is 1.09 bits per heavy atom. The monoisotopic (exact) mass is 316 g/mol. The third-order valence-corrected chi connectivity index (χ3v) is 3.97. The van der Waals surface area contributed by atoms with E-state index in [0.717, 1.165) is 25.7 Å². The van der Waals surface area contributed by atoms with E-state index in [2.05, 4.69) is 19.1 Å². The molecule has 1 heterocycles. The van der Waals surface area contributed by atoms with Crippen LogP contribution in [-0.4, -0.2) is 59.6 Å². The van der Waals surface area contributed by atoms with Crippen LogP contribution < -0.4 is 0 Å². The van der Waals surface area contributed by atoms with E-state index in [9.17, 15) is 10.2 Å². The summed E-state index contributed by atoms with van der Waals surface area (Å²) in [6, 6.07) is 0. The number of hydrogen-bond acceptors (Lipinski definition) is 5. The predicted molar refractivity (Wildman–Crippen MR) is 85.7 cm³/mol. The lowest BCUT2D eigenvalue weighted by Gasteiger charge is -2.37. The number of rotatable bonds is 11. The van der Waals surface area contributed by atoms with Crippen LogP contribution in [0.4, 0.5) is 0 Å². The number of ether oxygens (including phenoxy) is 2. The number of aliphatic hydroxyl groups is 3. The lowest BCUT2D eigenvalue weighted by Crippen LogP contribution is -2.55. The predicted octanol–water partition coefficient (Wildman–Crippen LogP) is 1.79. The summed E-state index contributed by atoms with van der Waals surface area (Å²) in [6.07, 6.45) is 9.24. The average molecular weight is 316 g/mol. The van der Waals surface area contributed by atoms with E-state index in [1.54, 1.807) is 0 Å². The lowest BCUT2D eigenvalue weighted by atomic mass is 10.0. The molecule has 4 atom stereocenters. The zero-order chi connectivity index (χ0) is 16.2. The highest BCUT2D eigenvalue weighted by atomic mass is 16.6. The van der Waals surface area contributed by atoms with E-state index in [0.29, 0.717) is 6.61 Å². The van der Waals surface area contributed by atoms with E-state index in [4.69, 9.17) is 14.6 Å². The summed E-state index contributed by atoms with van der Waals surface area (Å²) >= 11 is 0. The fourth-order valence-corrected chi connectivity index (χ4v) is 2.56. The van der Waals surface area contributed by atoms with Crippen molar-refractivity contribution in [3.8, 4) is 0 Å². The zero-order valence-electron chi connectivity index (χ0n) is 13.7. The maximum atomic E-state index is 9.96. The molecule has 0 aliphatic carbocycles. The first-order valence-corrected chi connectivity index (χ1v) is 8.55. The number of aliphatic hydroxyl groups excluding tert-OH is 3. The molecule has 22 heavy (non-hydrogen) atoms. The van der Waals surface area contributed by atoms with Crippen molar-refractivity contribution in [2.75, 3.05) is 19.8 Å². The molecule has 0 amide bonds. The summed E-state index contributed by atoms with van der Waals surface area (Å²) in [7, 11) is 0. The molecule has 1 rings (SSSR count). The summed E-state index contributed by atoms with van der Waals surface area (Å²) in [4.78, 5) is 0. The quantitative estimate of drug-likeness (QED) is 0.400. The van der Waals surface area contributed by atoms with Gasteiger partial charge in [0.2, 0.25) is 0 Å². The van der Waals surface area contributed by atoms with Gasteiger partial charge in [0.15, 0.2) is 0 Å². The molecule has 0 bridgehead atoms. The summed E-state index contributed by atoms with van der Waals surface area (Å²) in [5.41, 5.74) is 0. The van der Waals surface area contributed by atoms with Crippen molar-refractivity contribution in [1.29, 1.82) is 0 Å².